The molecule has 2 nitrogen and oxygen atoms in total. The van der Waals surface area contributed by atoms with Gasteiger partial charge in [-0.25, -0.2) is 4.39 Å². The Morgan fingerprint density at radius 3 is 2.50 bits per heavy atom. The lowest BCUT2D eigenvalue weighted by molar-refractivity contribution is 0.618. The van der Waals surface area contributed by atoms with E-state index in [1.54, 1.807) is 6.07 Å². The molecule has 20 heavy (non-hydrogen) atoms. The summed E-state index contributed by atoms with van der Waals surface area (Å²) in [7, 11) is 1.93. The predicted molar refractivity (Wildman–Crippen MR) is 82.3 cm³/mol. The van der Waals surface area contributed by atoms with Gasteiger partial charge in [-0.05, 0) is 37.2 Å². The smallest absolute Gasteiger partial charge is 0.146 e. The Morgan fingerprint density at radius 2 is 1.80 bits per heavy atom. The molecule has 0 saturated heterocycles. The normalized spacial score (nSPS) is 10.6. The molecule has 2 rings (SSSR count). The van der Waals surface area contributed by atoms with E-state index < -0.39 is 0 Å². The second-order valence-electron chi connectivity index (χ2n) is 4.82. The highest BCUT2D eigenvalue weighted by atomic mass is 19.1. The lowest BCUT2D eigenvalue weighted by Crippen LogP contribution is -2.23. The van der Waals surface area contributed by atoms with Gasteiger partial charge in [0, 0.05) is 19.6 Å². The van der Waals surface area contributed by atoms with Gasteiger partial charge in [0.15, 0.2) is 0 Å². The van der Waals surface area contributed by atoms with Crippen molar-refractivity contribution in [2.24, 2.45) is 0 Å². The predicted octanol–water partition coefficient (Wildman–Crippen LogP) is 3.57. The quantitative estimate of drug-likeness (QED) is 0.865. The lowest BCUT2D eigenvalue weighted by Gasteiger charge is -2.24. The Morgan fingerprint density at radius 1 is 1.05 bits per heavy atom. The second kappa shape index (κ2) is 7.06. The van der Waals surface area contributed by atoms with Crippen molar-refractivity contribution < 1.29 is 4.39 Å². The zero-order chi connectivity index (χ0) is 14.4. The van der Waals surface area contributed by atoms with Crippen LogP contribution in [0.2, 0.25) is 0 Å². The van der Waals surface area contributed by atoms with E-state index in [0.29, 0.717) is 5.69 Å². The van der Waals surface area contributed by atoms with Crippen molar-refractivity contribution in [1.29, 1.82) is 0 Å². The van der Waals surface area contributed by atoms with Crippen LogP contribution in [-0.4, -0.2) is 13.6 Å². The first kappa shape index (κ1) is 14.5. The summed E-state index contributed by atoms with van der Waals surface area (Å²) in [6, 6.07) is 15.3. The summed E-state index contributed by atoms with van der Waals surface area (Å²) in [5.41, 5.74) is 3.10. The molecule has 0 aliphatic heterocycles. The van der Waals surface area contributed by atoms with Crippen molar-refractivity contribution in [1.82, 2.24) is 5.32 Å². The maximum Gasteiger partial charge on any atom is 0.146 e. The molecule has 0 radical (unpaired) electrons. The largest absolute Gasteiger partial charge is 0.365 e. The summed E-state index contributed by atoms with van der Waals surface area (Å²) in [5.74, 6) is -0.166. The number of rotatable bonds is 6. The molecule has 0 amide bonds. The molecule has 0 fully saturated rings. The summed E-state index contributed by atoms with van der Waals surface area (Å²) in [6.07, 6.45) is 0. The van der Waals surface area contributed by atoms with Crippen molar-refractivity contribution in [2.75, 3.05) is 18.5 Å². The molecule has 0 aliphatic rings. The maximum absolute atomic E-state index is 13.9. The van der Waals surface area contributed by atoms with Gasteiger partial charge in [-0.2, -0.15) is 0 Å². The monoisotopic (exact) mass is 272 g/mol. The highest BCUT2D eigenvalue weighted by Gasteiger charge is 2.09. The average molecular weight is 272 g/mol. The van der Waals surface area contributed by atoms with Gasteiger partial charge in [-0.15, -0.1) is 0 Å². The fraction of sp³-hybridized carbons (Fsp3) is 0.294. The Labute approximate surface area is 120 Å². The Bertz CT molecular complexity index is 554. The first-order chi connectivity index (χ1) is 9.74. The molecule has 2 aromatic carbocycles. The number of hydrogen-bond acceptors (Lipinski definition) is 2. The van der Waals surface area contributed by atoms with E-state index >= 15 is 0 Å². The minimum absolute atomic E-state index is 0.166. The minimum Gasteiger partial charge on any atom is -0.365 e. The molecule has 106 valence electrons. The van der Waals surface area contributed by atoms with E-state index in [0.717, 1.165) is 19.6 Å². The molecular formula is C17H21FN2. The number of hydrogen-bond donors (Lipinski definition) is 1. The third-order valence-electron chi connectivity index (χ3n) is 3.32. The van der Waals surface area contributed by atoms with Gasteiger partial charge in [0.2, 0.25) is 0 Å². The summed E-state index contributed by atoms with van der Waals surface area (Å²) in [5, 5.41) is 3.15. The fourth-order valence-corrected chi connectivity index (χ4v) is 2.34. The number of benzene rings is 2. The van der Waals surface area contributed by atoms with Crippen LogP contribution >= 0.6 is 0 Å². The first-order valence-electron chi connectivity index (χ1n) is 6.96. The lowest BCUT2D eigenvalue weighted by atomic mass is 10.1. The maximum atomic E-state index is 13.9. The summed E-state index contributed by atoms with van der Waals surface area (Å²) in [4.78, 5) is 2.05. The van der Waals surface area contributed by atoms with Crippen LogP contribution in [0.3, 0.4) is 0 Å². The molecule has 2 aromatic rings. The van der Waals surface area contributed by atoms with Crippen LogP contribution in [0.15, 0.2) is 48.5 Å². The van der Waals surface area contributed by atoms with Gasteiger partial charge < -0.3 is 10.2 Å². The van der Waals surface area contributed by atoms with Gasteiger partial charge in [0.1, 0.15) is 5.82 Å². The molecular weight excluding hydrogens is 251 g/mol. The molecule has 0 aliphatic carbocycles. The van der Waals surface area contributed by atoms with Crippen molar-refractivity contribution in [3.05, 3.63) is 65.5 Å². The molecule has 0 atom stereocenters. The standard InChI is InChI=1S/C17H21FN2/c1-3-20(17-10-5-4-9-16(17)18)13-15-8-6-7-14(11-15)12-19-2/h4-11,19H,3,12-13H2,1-2H3. The molecule has 0 bridgehead atoms. The summed E-state index contributed by atoms with van der Waals surface area (Å²) in [6.45, 7) is 4.38. The average Bonchev–Trinajstić information content (AvgIpc) is 2.46. The minimum atomic E-state index is -0.166. The van der Waals surface area contributed by atoms with Crippen LogP contribution < -0.4 is 10.2 Å². The zero-order valence-electron chi connectivity index (χ0n) is 12.1. The van der Waals surface area contributed by atoms with Gasteiger partial charge in [0.05, 0.1) is 5.69 Å². The first-order valence-corrected chi connectivity index (χ1v) is 6.96. The van der Waals surface area contributed by atoms with Gasteiger partial charge >= 0.3 is 0 Å². The number of nitrogens with zero attached hydrogens (tertiary/aromatic N) is 1. The van der Waals surface area contributed by atoms with Crippen molar-refractivity contribution in [3.63, 3.8) is 0 Å². The second-order valence-corrected chi connectivity index (χ2v) is 4.82. The van der Waals surface area contributed by atoms with Crippen molar-refractivity contribution in [2.45, 2.75) is 20.0 Å². The highest BCUT2D eigenvalue weighted by Crippen LogP contribution is 2.21. The van der Waals surface area contributed by atoms with Crippen LogP contribution in [0, 0.1) is 5.82 Å². The fourth-order valence-electron chi connectivity index (χ4n) is 2.34. The van der Waals surface area contributed by atoms with E-state index in [1.807, 2.05) is 31.0 Å². The van der Waals surface area contributed by atoms with Gasteiger partial charge in [0.25, 0.3) is 0 Å². The van der Waals surface area contributed by atoms with Crippen molar-refractivity contribution in [3.8, 4) is 0 Å². The topological polar surface area (TPSA) is 15.3 Å². The number of anilines is 1. The Hall–Kier alpha value is -1.87. The highest BCUT2D eigenvalue weighted by molar-refractivity contribution is 5.48. The van der Waals surface area contributed by atoms with E-state index in [9.17, 15) is 4.39 Å². The van der Waals surface area contributed by atoms with E-state index in [2.05, 4.69) is 29.6 Å². The van der Waals surface area contributed by atoms with Crippen LogP contribution in [0.25, 0.3) is 0 Å². The molecule has 3 heteroatoms. The summed E-state index contributed by atoms with van der Waals surface area (Å²) < 4.78 is 13.9. The molecule has 0 unspecified atom stereocenters. The third-order valence-corrected chi connectivity index (χ3v) is 3.32. The van der Waals surface area contributed by atoms with Crippen LogP contribution in [0.1, 0.15) is 18.1 Å². The Kier molecular flexibility index (Phi) is 5.13. The molecule has 0 heterocycles. The van der Waals surface area contributed by atoms with E-state index in [1.165, 1.54) is 17.2 Å². The van der Waals surface area contributed by atoms with Gasteiger partial charge in [-0.1, -0.05) is 36.4 Å². The Balaban J connectivity index is 2.18. The van der Waals surface area contributed by atoms with Crippen LogP contribution in [0.5, 0.6) is 0 Å². The van der Waals surface area contributed by atoms with Crippen molar-refractivity contribution >= 4 is 5.69 Å². The van der Waals surface area contributed by atoms with E-state index in [4.69, 9.17) is 0 Å². The van der Waals surface area contributed by atoms with Crippen LogP contribution in [-0.2, 0) is 13.1 Å². The number of nitrogens with one attached hydrogen (secondary N) is 1. The molecule has 0 aromatic heterocycles. The van der Waals surface area contributed by atoms with Crippen LogP contribution in [0.4, 0.5) is 10.1 Å². The number of para-hydroxylation sites is 1. The summed E-state index contributed by atoms with van der Waals surface area (Å²) >= 11 is 0. The van der Waals surface area contributed by atoms with E-state index in [-0.39, 0.29) is 5.82 Å². The third kappa shape index (κ3) is 3.58. The molecule has 0 saturated carbocycles. The van der Waals surface area contributed by atoms with Gasteiger partial charge in [-0.3, -0.25) is 0 Å². The SMILES string of the molecule is CCN(Cc1cccc(CNC)c1)c1ccccc1F. The number of halogens is 1. The zero-order valence-corrected chi connectivity index (χ0v) is 12.1. The molecule has 1 N–H and O–H groups in total. The molecule has 0 spiro atoms.